The molecule has 134 valence electrons. The number of carbonyl (C=O) groups is 1. The Labute approximate surface area is 153 Å². The lowest BCUT2D eigenvalue weighted by molar-refractivity contribution is 0.102. The Morgan fingerprint density at radius 2 is 1.76 bits per heavy atom. The summed E-state index contributed by atoms with van der Waals surface area (Å²) in [6, 6.07) is 14.0. The van der Waals surface area contributed by atoms with Crippen LogP contribution in [0.1, 0.15) is 24.2 Å². The highest BCUT2D eigenvalue weighted by Crippen LogP contribution is 2.17. The van der Waals surface area contributed by atoms with Gasteiger partial charge >= 0.3 is 0 Å². The van der Waals surface area contributed by atoms with Crippen LogP contribution in [0, 0.1) is 0 Å². The van der Waals surface area contributed by atoms with Gasteiger partial charge in [-0.05, 0) is 48.5 Å². The summed E-state index contributed by atoms with van der Waals surface area (Å²) in [4.78, 5) is 12.1. The van der Waals surface area contributed by atoms with Crippen LogP contribution in [0.4, 0.5) is 5.69 Å². The molecule has 0 unspecified atom stereocenters. The summed E-state index contributed by atoms with van der Waals surface area (Å²) < 4.78 is 5.54. The van der Waals surface area contributed by atoms with Gasteiger partial charge in [-0.2, -0.15) is 0 Å². The number of amides is 1. The molecular formula is C19H23ClN2O3. The fourth-order valence-electron chi connectivity index (χ4n) is 2.06. The number of nitrogens with one attached hydrogen (secondary N) is 2. The zero-order valence-corrected chi connectivity index (χ0v) is 15.1. The van der Waals surface area contributed by atoms with E-state index >= 15 is 0 Å². The van der Waals surface area contributed by atoms with Gasteiger partial charge in [0.15, 0.2) is 0 Å². The van der Waals surface area contributed by atoms with Crippen molar-refractivity contribution in [2.75, 3.05) is 18.5 Å². The number of hydrogen-bond acceptors (Lipinski definition) is 4. The van der Waals surface area contributed by atoms with Crippen LogP contribution in [-0.4, -0.2) is 36.3 Å². The van der Waals surface area contributed by atoms with Gasteiger partial charge in [-0.25, -0.2) is 0 Å². The fraction of sp³-hybridized carbons (Fsp3) is 0.316. The Bertz CT molecular complexity index is 672. The second-order valence-electron chi connectivity index (χ2n) is 6.01. The molecule has 0 heterocycles. The Balaban J connectivity index is 1.83. The molecule has 0 aliphatic rings. The highest BCUT2D eigenvalue weighted by atomic mass is 35.5. The van der Waals surface area contributed by atoms with E-state index in [-0.39, 0.29) is 12.5 Å². The van der Waals surface area contributed by atoms with E-state index in [4.69, 9.17) is 16.3 Å². The zero-order chi connectivity index (χ0) is 18.2. The van der Waals surface area contributed by atoms with E-state index in [0.29, 0.717) is 34.6 Å². The fourth-order valence-corrected chi connectivity index (χ4v) is 2.19. The highest BCUT2D eigenvalue weighted by molar-refractivity contribution is 6.30. The first-order valence-corrected chi connectivity index (χ1v) is 8.53. The molecule has 1 amide bonds. The van der Waals surface area contributed by atoms with Gasteiger partial charge in [0.25, 0.3) is 5.91 Å². The van der Waals surface area contributed by atoms with E-state index in [9.17, 15) is 9.90 Å². The van der Waals surface area contributed by atoms with Gasteiger partial charge in [-0.3, -0.25) is 4.79 Å². The summed E-state index contributed by atoms with van der Waals surface area (Å²) in [7, 11) is 0. The molecule has 0 saturated heterocycles. The summed E-state index contributed by atoms with van der Waals surface area (Å²) >= 11 is 5.81. The third kappa shape index (κ3) is 6.74. The highest BCUT2D eigenvalue weighted by Gasteiger charge is 2.08. The third-order valence-corrected chi connectivity index (χ3v) is 3.67. The van der Waals surface area contributed by atoms with Gasteiger partial charge in [0, 0.05) is 28.9 Å². The lowest BCUT2D eigenvalue weighted by Gasteiger charge is -2.15. The SMILES string of the molecule is CC(C)NC[C@H](O)COc1ccc(NC(=O)c2ccc(Cl)cc2)cc1. The number of aliphatic hydroxyl groups excluding tert-OH is 1. The maximum absolute atomic E-state index is 12.1. The molecule has 1 atom stereocenters. The zero-order valence-electron chi connectivity index (χ0n) is 14.3. The molecule has 3 N–H and O–H groups in total. The van der Waals surface area contributed by atoms with Crippen molar-refractivity contribution < 1.29 is 14.6 Å². The van der Waals surface area contributed by atoms with Crippen LogP contribution >= 0.6 is 11.6 Å². The average molecular weight is 363 g/mol. The normalized spacial score (nSPS) is 12.0. The van der Waals surface area contributed by atoms with Crippen LogP contribution in [-0.2, 0) is 0 Å². The molecule has 6 heteroatoms. The van der Waals surface area contributed by atoms with Gasteiger partial charge in [-0.15, -0.1) is 0 Å². The summed E-state index contributed by atoms with van der Waals surface area (Å²) in [6.45, 7) is 4.72. The van der Waals surface area contributed by atoms with Crippen molar-refractivity contribution >= 4 is 23.2 Å². The summed E-state index contributed by atoms with van der Waals surface area (Å²) in [5.41, 5.74) is 1.19. The van der Waals surface area contributed by atoms with Crippen LogP contribution in [0.25, 0.3) is 0 Å². The number of anilines is 1. The Kier molecular flexibility index (Phi) is 7.25. The molecule has 2 rings (SSSR count). The second kappa shape index (κ2) is 9.42. The van der Waals surface area contributed by atoms with E-state index in [1.807, 2.05) is 13.8 Å². The molecule has 2 aromatic carbocycles. The minimum absolute atomic E-state index is 0.205. The van der Waals surface area contributed by atoms with Crippen LogP contribution in [0.15, 0.2) is 48.5 Å². The van der Waals surface area contributed by atoms with Crippen LogP contribution in [0.3, 0.4) is 0 Å². The monoisotopic (exact) mass is 362 g/mol. The van der Waals surface area contributed by atoms with Crippen LogP contribution < -0.4 is 15.4 Å². The Hall–Kier alpha value is -2.08. The molecule has 0 aliphatic heterocycles. The summed E-state index contributed by atoms with van der Waals surface area (Å²) in [5, 5.41) is 16.4. The molecule has 0 aliphatic carbocycles. The van der Waals surface area contributed by atoms with Gasteiger partial charge in [0.1, 0.15) is 18.5 Å². The largest absolute Gasteiger partial charge is 0.491 e. The summed E-state index contributed by atoms with van der Waals surface area (Å²) in [6.07, 6.45) is -0.577. The van der Waals surface area contributed by atoms with Gasteiger partial charge < -0.3 is 20.5 Å². The van der Waals surface area contributed by atoms with E-state index in [1.54, 1.807) is 48.5 Å². The Morgan fingerprint density at radius 1 is 1.12 bits per heavy atom. The summed E-state index contributed by atoms with van der Waals surface area (Å²) in [5.74, 6) is 0.425. The van der Waals surface area contributed by atoms with Gasteiger partial charge in [-0.1, -0.05) is 25.4 Å². The average Bonchev–Trinajstić information content (AvgIpc) is 2.60. The first-order chi connectivity index (χ1) is 11.9. The van der Waals surface area contributed by atoms with Crippen molar-refractivity contribution in [2.24, 2.45) is 0 Å². The van der Waals surface area contributed by atoms with Crippen molar-refractivity contribution in [3.05, 3.63) is 59.1 Å². The molecule has 25 heavy (non-hydrogen) atoms. The topological polar surface area (TPSA) is 70.6 Å². The molecule has 0 aromatic heterocycles. The first kappa shape index (κ1) is 19.2. The van der Waals surface area contributed by atoms with Crippen LogP contribution in [0.2, 0.25) is 5.02 Å². The van der Waals surface area contributed by atoms with Gasteiger partial charge in [0.2, 0.25) is 0 Å². The number of rotatable bonds is 8. The second-order valence-corrected chi connectivity index (χ2v) is 6.45. The third-order valence-electron chi connectivity index (χ3n) is 3.42. The number of halogens is 1. The van der Waals surface area contributed by atoms with Crippen molar-refractivity contribution in [1.82, 2.24) is 5.32 Å². The van der Waals surface area contributed by atoms with Crippen molar-refractivity contribution in [2.45, 2.75) is 26.0 Å². The number of carbonyl (C=O) groups excluding carboxylic acids is 1. The molecule has 0 bridgehead atoms. The van der Waals surface area contributed by atoms with Crippen molar-refractivity contribution in [3.8, 4) is 5.75 Å². The molecule has 5 nitrogen and oxygen atoms in total. The lowest BCUT2D eigenvalue weighted by atomic mass is 10.2. The molecule has 0 saturated carbocycles. The van der Waals surface area contributed by atoms with Crippen LogP contribution in [0.5, 0.6) is 5.75 Å². The predicted molar refractivity (Wildman–Crippen MR) is 100 cm³/mol. The van der Waals surface area contributed by atoms with E-state index < -0.39 is 6.10 Å². The number of benzene rings is 2. The van der Waals surface area contributed by atoms with E-state index in [1.165, 1.54) is 0 Å². The smallest absolute Gasteiger partial charge is 0.255 e. The van der Waals surface area contributed by atoms with Crippen molar-refractivity contribution in [1.29, 1.82) is 0 Å². The predicted octanol–water partition coefficient (Wildman–Crippen LogP) is 3.33. The molecular weight excluding hydrogens is 340 g/mol. The quantitative estimate of drug-likeness (QED) is 0.673. The maximum Gasteiger partial charge on any atom is 0.255 e. The van der Waals surface area contributed by atoms with Crippen molar-refractivity contribution in [3.63, 3.8) is 0 Å². The van der Waals surface area contributed by atoms with E-state index in [2.05, 4.69) is 10.6 Å². The standard InChI is InChI=1S/C19H23ClN2O3/c1-13(2)21-11-17(23)12-25-18-9-7-16(8-10-18)22-19(24)14-3-5-15(20)6-4-14/h3-10,13,17,21,23H,11-12H2,1-2H3,(H,22,24)/t17-/m0/s1. The Morgan fingerprint density at radius 3 is 2.36 bits per heavy atom. The lowest BCUT2D eigenvalue weighted by Crippen LogP contribution is -2.35. The molecule has 0 radical (unpaired) electrons. The van der Waals surface area contributed by atoms with E-state index in [0.717, 1.165) is 0 Å². The maximum atomic E-state index is 12.1. The van der Waals surface area contributed by atoms with Gasteiger partial charge in [0.05, 0.1) is 0 Å². The first-order valence-electron chi connectivity index (χ1n) is 8.15. The number of aliphatic hydroxyl groups is 1. The number of ether oxygens (including phenoxy) is 1. The minimum Gasteiger partial charge on any atom is -0.491 e. The molecule has 2 aromatic rings. The number of hydrogen-bond donors (Lipinski definition) is 3. The molecule has 0 fully saturated rings. The molecule has 0 spiro atoms. The minimum atomic E-state index is -0.577.